The van der Waals surface area contributed by atoms with Gasteiger partial charge in [0.15, 0.2) is 0 Å². The second-order valence-electron chi connectivity index (χ2n) is 2.91. The molecule has 0 bridgehead atoms. The van der Waals surface area contributed by atoms with Crippen LogP contribution in [0.2, 0.25) is 0 Å². The van der Waals surface area contributed by atoms with Gasteiger partial charge in [-0.05, 0) is 13.3 Å². The molecule has 0 saturated carbocycles. The fourth-order valence-electron chi connectivity index (χ4n) is 1.23. The van der Waals surface area contributed by atoms with E-state index < -0.39 is 12.1 Å². The molecule has 5 heteroatoms. The smallest absolute Gasteiger partial charge is 0.244 e. The van der Waals surface area contributed by atoms with Gasteiger partial charge in [0.25, 0.3) is 0 Å². The lowest BCUT2D eigenvalue weighted by molar-refractivity contribution is -0.169. The average molecular weight is 279 g/mol. The van der Waals surface area contributed by atoms with E-state index in [1.54, 1.807) is 3.11 Å². The normalized spacial score (nSPS) is 34.6. The predicted octanol–water partition coefficient (Wildman–Crippen LogP) is 2.61. The van der Waals surface area contributed by atoms with Gasteiger partial charge in [0.05, 0.1) is 5.92 Å². The van der Waals surface area contributed by atoms with Crippen LogP contribution in [-0.4, -0.2) is 21.9 Å². The molecule has 0 aromatic carbocycles. The first-order chi connectivity index (χ1) is 4.91. The Morgan fingerprint density at radius 1 is 1.45 bits per heavy atom. The molecule has 0 N–H and O–H groups in total. The van der Waals surface area contributed by atoms with E-state index in [0.717, 1.165) is 0 Å². The first kappa shape index (κ1) is 9.57. The number of hydrogen-bond acceptors (Lipinski definition) is 1. The summed E-state index contributed by atoms with van der Waals surface area (Å²) in [6, 6.07) is 0.0576. The van der Waals surface area contributed by atoms with Gasteiger partial charge in [-0.1, -0.05) is 0 Å². The highest BCUT2D eigenvalue weighted by atomic mass is 127. The van der Waals surface area contributed by atoms with Gasteiger partial charge in [0.1, 0.15) is 0 Å². The second kappa shape index (κ2) is 3.08. The van der Waals surface area contributed by atoms with Crippen LogP contribution in [0.25, 0.3) is 0 Å². The van der Waals surface area contributed by atoms with Crippen molar-refractivity contribution in [2.24, 2.45) is 5.92 Å². The zero-order valence-electron chi connectivity index (χ0n) is 6.03. The molecule has 0 spiro atoms. The van der Waals surface area contributed by atoms with Crippen molar-refractivity contribution >= 4 is 22.9 Å². The Labute approximate surface area is 77.4 Å². The summed E-state index contributed by atoms with van der Waals surface area (Å²) in [4.78, 5) is 0. The van der Waals surface area contributed by atoms with Crippen LogP contribution in [-0.2, 0) is 0 Å². The predicted molar refractivity (Wildman–Crippen MR) is 44.4 cm³/mol. The van der Waals surface area contributed by atoms with Gasteiger partial charge < -0.3 is 0 Å². The molecule has 0 aliphatic carbocycles. The zero-order valence-corrected chi connectivity index (χ0v) is 8.19. The van der Waals surface area contributed by atoms with Crippen molar-refractivity contribution in [1.82, 2.24) is 3.11 Å². The maximum absolute atomic E-state index is 12.1. The SMILES string of the molecule is CC1CC(C(F)(F)F)CN1I. The van der Waals surface area contributed by atoms with Crippen molar-refractivity contribution in [3.05, 3.63) is 0 Å². The van der Waals surface area contributed by atoms with Gasteiger partial charge in [-0.2, -0.15) is 13.2 Å². The molecule has 1 fully saturated rings. The van der Waals surface area contributed by atoms with E-state index in [1.807, 2.05) is 29.8 Å². The second-order valence-corrected chi connectivity index (χ2v) is 4.14. The van der Waals surface area contributed by atoms with Crippen LogP contribution >= 0.6 is 22.9 Å². The van der Waals surface area contributed by atoms with Crippen molar-refractivity contribution in [3.63, 3.8) is 0 Å². The highest BCUT2D eigenvalue weighted by Crippen LogP contribution is 2.37. The van der Waals surface area contributed by atoms with Crippen LogP contribution in [0.4, 0.5) is 13.2 Å². The molecule has 0 radical (unpaired) electrons. The quantitative estimate of drug-likeness (QED) is 0.486. The summed E-state index contributed by atoms with van der Waals surface area (Å²) in [6.45, 7) is 1.96. The van der Waals surface area contributed by atoms with E-state index in [2.05, 4.69) is 0 Å². The molecule has 66 valence electrons. The molecular weight excluding hydrogens is 270 g/mol. The summed E-state index contributed by atoms with van der Waals surface area (Å²) in [6.07, 6.45) is -3.76. The van der Waals surface area contributed by atoms with Crippen molar-refractivity contribution in [2.45, 2.75) is 25.6 Å². The van der Waals surface area contributed by atoms with Crippen LogP contribution in [0.5, 0.6) is 0 Å². The highest BCUT2D eigenvalue weighted by molar-refractivity contribution is 14.1. The number of nitrogens with zero attached hydrogens (tertiary/aromatic N) is 1. The van der Waals surface area contributed by atoms with Crippen LogP contribution in [0, 0.1) is 5.92 Å². The Balaban J connectivity index is 2.54. The molecule has 1 rings (SSSR count). The Morgan fingerprint density at radius 2 is 2.00 bits per heavy atom. The van der Waals surface area contributed by atoms with E-state index in [0.29, 0.717) is 0 Å². The summed E-state index contributed by atoms with van der Waals surface area (Å²) >= 11 is 1.95. The van der Waals surface area contributed by atoms with Gasteiger partial charge in [0, 0.05) is 35.5 Å². The largest absolute Gasteiger partial charge is 0.393 e. The van der Waals surface area contributed by atoms with Gasteiger partial charge in [0.2, 0.25) is 0 Å². The summed E-state index contributed by atoms with van der Waals surface area (Å²) in [5, 5.41) is 0. The number of halogens is 4. The topological polar surface area (TPSA) is 3.24 Å². The standard InChI is InChI=1S/C6H9F3IN/c1-4-2-5(3-11(4)10)6(7,8)9/h4-5H,2-3H2,1H3. The third-order valence-electron chi connectivity index (χ3n) is 1.96. The summed E-state index contributed by atoms with van der Waals surface area (Å²) < 4.78 is 38.0. The molecule has 2 unspecified atom stereocenters. The van der Waals surface area contributed by atoms with Crippen molar-refractivity contribution in [2.75, 3.05) is 6.54 Å². The van der Waals surface area contributed by atoms with Crippen LogP contribution in [0.3, 0.4) is 0 Å². The number of hydrogen-bond donors (Lipinski definition) is 0. The molecule has 1 nitrogen and oxygen atoms in total. The molecule has 2 atom stereocenters. The maximum Gasteiger partial charge on any atom is 0.393 e. The Morgan fingerprint density at radius 3 is 2.18 bits per heavy atom. The van der Waals surface area contributed by atoms with Gasteiger partial charge in [-0.3, -0.25) is 0 Å². The van der Waals surface area contributed by atoms with Crippen LogP contribution in [0.15, 0.2) is 0 Å². The van der Waals surface area contributed by atoms with E-state index >= 15 is 0 Å². The van der Waals surface area contributed by atoms with E-state index in [-0.39, 0.29) is 19.0 Å². The average Bonchev–Trinajstić information content (AvgIpc) is 2.11. The molecule has 0 aromatic rings. The summed E-state index contributed by atoms with van der Waals surface area (Å²) in [5.74, 6) is -1.12. The maximum atomic E-state index is 12.1. The Kier molecular flexibility index (Phi) is 2.68. The number of rotatable bonds is 0. The van der Waals surface area contributed by atoms with E-state index in [1.165, 1.54) is 0 Å². The molecule has 1 aliphatic rings. The molecule has 1 saturated heterocycles. The molecule has 1 heterocycles. The van der Waals surface area contributed by atoms with Crippen molar-refractivity contribution in [1.29, 1.82) is 0 Å². The van der Waals surface area contributed by atoms with Gasteiger partial charge >= 0.3 is 6.18 Å². The minimum Gasteiger partial charge on any atom is -0.244 e. The Bertz CT molecular complexity index is 137. The van der Waals surface area contributed by atoms with Gasteiger partial charge in [-0.25, -0.2) is 3.11 Å². The van der Waals surface area contributed by atoms with Crippen molar-refractivity contribution < 1.29 is 13.2 Å². The molecule has 0 aromatic heterocycles. The lowest BCUT2D eigenvalue weighted by Gasteiger charge is -2.12. The van der Waals surface area contributed by atoms with Crippen LogP contribution in [0.1, 0.15) is 13.3 Å². The first-order valence-electron chi connectivity index (χ1n) is 3.40. The fourth-order valence-corrected chi connectivity index (χ4v) is 1.93. The van der Waals surface area contributed by atoms with Crippen LogP contribution < -0.4 is 0 Å². The molecule has 1 aliphatic heterocycles. The van der Waals surface area contributed by atoms with Gasteiger partial charge in [-0.15, -0.1) is 0 Å². The molecule has 11 heavy (non-hydrogen) atoms. The highest BCUT2D eigenvalue weighted by Gasteiger charge is 2.45. The summed E-state index contributed by atoms with van der Waals surface area (Å²) in [7, 11) is 0. The van der Waals surface area contributed by atoms with E-state index in [9.17, 15) is 13.2 Å². The number of alkyl halides is 3. The molecular formula is C6H9F3IN. The monoisotopic (exact) mass is 279 g/mol. The fraction of sp³-hybridized carbons (Fsp3) is 1.00. The summed E-state index contributed by atoms with van der Waals surface area (Å²) in [5.41, 5.74) is 0. The minimum atomic E-state index is -4.01. The molecule has 0 amide bonds. The van der Waals surface area contributed by atoms with E-state index in [4.69, 9.17) is 0 Å². The lowest BCUT2D eigenvalue weighted by atomic mass is 10.1. The minimum absolute atomic E-state index is 0.0576. The zero-order chi connectivity index (χ0) is 8.65. The lowest BCUT2D eigenvalue weighted by Crippen LogP contribution is -2.24. The third-order valence-corrected chi connectivity index (χ3v) is 3.31. The third kappa shape index (κ3) is 2.21. The first-order valence-corrected chi connectivity index (χ1v) is 4.37. The van der Waals surface area contributed by atoms with Crippen molar-refractivity contribution in [3.8, 4) is 0 Å². The Hall–Kier alpha value is 0.480.